The third kappa shape index (κ3) is 6.39. The van der Waals surface area contributed by atoms with Crippen molar-refractivity contribution in [2.75, 3.05) is 6.61 Å². The average Bonchev–Trinajstić information content (AvgIpc) is 2.39. The van der Waals surface area contributed by atoms with Gasteiger partial charge in [-0.3, -0.25) is 14.8 Å². The van der Waals surface area contributed by atoms with E-state index in [4.69, 9.17) is 5.21 Å². The summed E-state index contributed by atoms with van der Waals surface area (Å²) in [6.45, 7) is 3.19. The van der Waals surface area contributed by atoms with E-state index in [1.165, 1.54) is 12.4 Å². The third-order valence-electron chi connectivity index (χ3n) is 1.72. The quantitative estimate of drug-likeness (QED) is 0.369. The van der Waals surface area contributed by atoms with E-state index < -0.39 is 17.7 Å². The van der Waals surface area contributed by atoms with E-state index >= 15 is 0 Å². The first kappa shape index (κ1) is 15.8. The lowest BCUT2D eigenvalue weighted by Crippen LogP contribution is -2.19. The number of amides is 1. The monoisotopic (exact) mass is 253 g/mol. The third-order valence-corrected chi connectivity index (χ3v) is 1.72. The van der Waals surface area contributed by atoms with Gasteiger partial charge in [-0.1, -0.05) is 30.3 Å². The summed E-state index contributed by atoms with van der Waals surface area (Å²) >= 11 is 0. The van der Waals surface area contributed by atoms with Crippen molar-refractivity contribution < 1.29 is 24.3 Å². The minimum Gasteiger partial charge on any atom is -0.448 e. The number of carbonyl (C=O) groups is 3. The first-order chi connectivity index (χ1) is 8.52. The van der Waals surface area contributed by atoms with Gasteiger partial charge >= 0.3 is 6.09 Å². The maximum Gasteiger partial charge on any atom is 0.431 e. The normalized spacial score (nSPS) is 8.61. The Balaban J connectivity index is 0.000000360. The molecule has 2 N–H and O–H groups in total. The van der Waals surface area contributed by atoms with Gasteiger partial charge in [0.2, 0.25) is 5.78 Å². The van der Waals surface area contributed by atoms with Crippen LogP contribution in [-0.4, -0.2) is 29.5 Å². The summed E-state index contributed by atoms with van der Waals surface area (Å²) in [5, 5.41) is 7.74. The van der Waals surface area contributed by atoms with Crippen LogP contribution in [0.2, 0.25) is 0 Å². The summed E-state index contributed by atoms with van der Waals surface area (Å²) in [5.41, 5.74) is 1.76. The summed E-state index contributed by atoms with van der Waals surface area (Å²) in [4.78, 5) is 31.4. The molecule has 98 valence electrons. The van der Waals surface area contributed by atoms with Crippen LogP contribution in [0.4, 0.5) is 4.79 Å². The molecule has 18 heavy (non-hydrogen) atoms. The molecule has 0 saturated carbocycles. The van der Waals surface area contributed by atoms with Gasteiger partial charge in [-0.2, -0.15) is 0 Å². The molecule has 1 rings (SSSR count). The minimum atomic E-state index is -0.817. The molecule has 0 saturated heterocycles. The Kier molecular flexibility index (Phi) is 7.80. The van der Waals surface area contributed by atoms with Crippen molar-refractivity contribution in [3.63, 3.8) is 0 Å². The number of ketones is 2. The molecule has 6 nitrogen and oxygen atoms in total. The van der Waals surface area contributed by atoms with Gasteiger partial charge in [-0.15, -0.1) is 0 Å². The molecule has 0 aromatic heterocycles. The molecule has 0 spiro atoms. The van der Waals surface area contributed by atoms with Crippen LogP contribution in [0.25, 0.3) is 0 Å². The van der Waals surface area contributed by atoms with Gasteiger partial charge in [0.25, 0.3) is 0 Å². The highest BCUT2D eigenvalue weighted by Crippen LogP contribution is 1.99. The zero-order valence-corrected chi connectivity index (χ0v) is 10.2. The summed E-state index contributed by atoms with van der Waals surface area (Å²) in [7, 11) is 0. The number of nitrogens with one attached hydrogen (secondary N) is 1. The van der Waals surface area contributed by atoms with E-state index in [-0.39, 0.29) is 6.61 Å². The van der Waals surface area contributed by atoms with E-state index in [9.17, 15) is 14.4 Å². The van der Waals surface area contributed by atoms with E-state index in [1.807, 2.05) is 0 Å². The summed E-state index contributed by atoms with van der Waals surface area (Å²) in [6.07, 6.45) is -0.817. The van der Waals surface area contributed by atoms with E-state index in [2.05, 4.69) is 4.74 Å². The Morgan fingerprint density at radius 2 is 1.78 bits per heavy atom. The molecule has 0 heterocycles. The predicted molar refractivity (Wildman–Crippen MR) is 63.4 cm³/mol. The van der Waals surface area contributed by atoms with Crippen LogP contribution < -0.4 is 5.48 Å². The van der Waals surface area contributed by atoms with Crippen LogP contribution >= 0.6 is 0 Å². The van der Waals surface area contributed by atoms with Gasteiger partial charge in [0.15, 0.2) is 5.78 Å². The van der Waals surface area contributed by atoms with Crippen molar-refractivity contribution in [3.05, 3.63) is 35.9 Å². The van der Waals surface area contributed by atoms with E-state index in [1.54, 1.807) is 37.3 Å². The van der Waals surface area contributed by atoms with Crippen molar-refractivity contribution in [1.29, 1.82) is 0 Å². The Bertz CT molecular complexity index is 402. The van der Waals surface area contributed by atoms with Crippen molar-refractivity contribution in [2.45, 2.75) is 13.8 Å². The van der Waals surface area contributed by atoms with Crippen LogP contribution in [0, 0.1) is 0 Å². The predicted octanol–water partition coefficient (Wildman–Crippen LogP) is 1.58. The van der Waals surface area contributed by atoms with Crippen molar-refractivity contribution in [1.82, 2.24) is 5.48 Å². The molecule has 6 heteroatoms. The molecule has 0 atom stereocenters. The topological polar surface area (TPSA) is 92.7 Å². The first-order valence-corrected chi connectivity index (χ1v) is 5.20. The molecule has 0 aliphatic carbocycles. The minimum absolute atomic E-state index is 0.270. The fourth-order valence-corrected chi connectivity index (χ4v) is 0.956. The molecule has 0 aliphatic rings. The second-order valence-corrected chi connectivity index (χ2v) is 3.08. The summed E-state index contributed by atoms with van der Waals surface area (Å²) < 4.78 is 4.19. The van der Waals surface area contributed by atoms with Crippen LogP contribution in [0.1, 0.15) is 24.2 Å². The summed E-state index contributed by atoms with van der Waals surface area (Å²) in [5.74, 6) is -0.846. The molecule has 0 unspecified atom stereocenters. The standard InChI is InChI=1S/C9H8O2.C3H7NO3/c1-7(10)9(11)8-5-3-2-4-6-8;1-2-7-3(5)4-6/h2-6H,1H3;6H,2H2,1H3,(H,4,5). The molecule has 1 aromatic rings. The van der Waals surface area contributed by atoms with Crippen LogP contribution in [0.5, 0.6) is 0 Å². The molecular formula is C12H15NO5. The smallest absolute Gasteiger partial charge is 0.431 e. The van der Waals surface area contributed by atoms with Crippen molar-refractivity contribution in [2.24, 2.45) is 0 Å². The van der Waals surface area contributed by atoms with Gasteiger partial charge in [0.05, 0.1) is 6.61 Å². The maximum absolute atomic E-state index is 11.0. The number of carbonyl (C=O) groups excluding carboxylic acids is 3. The Morgan fingerprint density at radius 3 is 2.11 bits per heavy atom. The lowest BCUT2D eigenvalue weighted by atomic mass is 10.1. The largest absolute Gasteiger partial charge is 0.448 e. The second kappa shape index (κ2) is 8.89. The van der Waals surface area contributed by atoms with E-state index in [0.29, 0.717) is 5.56 Å². The van der Waals surface area contributed by atoms with Crippen molar-refractivity contribution >= 4 is 17.7 Å². The first-order valence-electron chi connectivity index (χ1n) is 5.20. The number of ether oxygens (including phenoxy) is 1. The number of benzene rings is 1. The van der Waals surface area contributed by atoms with Gasteiger partial charge < -0.3 is 4.74 Å². The lowest BCUT2D eigenvalue weighted by Gasteiger charge is -1.94. The molecule has 1 amide bonds. The Hall–Kier alpha value is -2.21. The van der Waals surface area contributed by atoms with Crippen molar-refractivity contribution in [3.8, 4) is 0 Å². The molecule has 0 aliphatic heterocycles. The van der Waals surface area contributed by atoms with Crippen LogP contribution in [0.3, 0.4) is 0 Å². The lowest BCUT2D eigenvalue weighted by molar-refractivity contribution is -0.113. The molecule has 0 fully saturated rings. The van der Waals surface area contributed by atoms with Gasteiger partial charge in [-0.05, 0) is 6.92 Å². The molecule has 0 bridgehead atoms. The fourth-order valence-electron chi connectivity index (χ4n) is 0.956. The van der Waals surface area contributed by atoms with Gasteiger partial charge in [-0.25, -0.2) is 10.3 Å². The zero-order chi connectivity index (χ0) is 14.0. The summed E-state index contributed by atoms with van der Waals surface area (Å²) in [6, 6.07) is 8.52. The SMILES string of the molecule is CC(=O)C(=O)c1ccccc1.CCOC(=O)NO. The van der Waals surface area contributed by atoms with Gasteiger partial charge in [0, 0.05) is 12.5 Å². The maximum atomic E-state index is 11.0. The number of hydrogen-bond donors (Lipinski definition) is 2. The Labute approximate surface area is 105 Å². The number of hydroxylamine groups is 1. The zero-order valence-electron chi connectivity index (χ0n) is 10.2. The number of Topliss-reactive ketones (excluding diaryl/α,β-unsaturated/α-hetero) is 2. The molecular weight excluding hydrogens is 238 g/mol. The second-order valence-electron chi connectivity index (χ2n) is 3.08. The fraction of sp³-hybridized carbons (Fsp3) is 0.250. The van der Waals surface area contributed by atoms with Crippen LogP contribution in [0.15, 0.2) is 30.3 Å². The molecule has 0 radical (unpaired) electrons. The Morgan fingerprint density at radius 1 is 1.22 bits per heavy atom. The van der Waals surface area contributed by atoms with Gasteiger partial charge in [0.1, 0.15) is 0 Å². The number of rotatable bonds is 3. The van der Waals surface area contributed by atoms with E-state index in [0.717, 1.165) is 0 Å². The highest BCUT2D eigenvalue weighted by Gasteiger charge is 2.08. The molecule has 1 aromatic carbocycles. The highest BCUT2D eigenvalue weighted by atomic mass is 16.6. The average molecular weight is 253 g/mol. The van der Waals surface area contributed by atoms with Crippen LogP contribution in [-0.2, 0) is 9.53 Å². The highest BCUT2D eigenvalue weighted by molar-refractivity contribution is 6.42. The number of hydrogen-bond acceptors (Lipinski definition) is 5.